The lowest BCUT2D eigenvalue weighted by molar-refractivity contribution is -0.128. The topological polar surface area (TPSA) is 41.1 Å². The Hall–Kier alpha value is -0.770. The lowest BCUT2D eigenvalue weighted by Gasteiger charge is -2.30. The molecule has 3 nitrogen and oxygen atoms in total. The van der Waals surface area contributed by atoms with Crippen LogP contribution in [0.2, 0.25) is 10.0 Å². The number of carbonyl (C=O) groups is 1. The van der Waals surface area contributed by atoms with Crippen LogP contribution in [0.1, 0.15) is 51.1 Å². The van der Waals surface area contributed by atoms with E-state index in [0.717, 1.165) is 37.8 Å². The first-order valence-corrected chi connectivity index (χ1v) is 8.25. The van der Waals surface area contributed by atoms with Gasteiger partial charge in [0.15, 0.2) is 0 Å². The van der Waals surface area contributed by atoms with Crippen molar-refractivity contribution in [3.8, 4) is 0 Å². The molecule has 0 saturated carbocycles. The van der Waals surface area contributed by atoms with Gasteiger partial charge in [-0.3, -0.25) is 4.79 Å². The highest BCUT2D eigenvalue weighted by atomic mass is 35.5. The Morgan fingerprint density at radius 2 is 2.24 bits per heavy atom. The zero-order valence-electron chi connectivity index (χ0n) is 12.5. The van der Waals surface area contributed by atoms with Crippen LogP contribution in [0.5, 0.6) is 0 Å². The van der Waals surface area contributed by atoms with Crippen LogP contribution in [-0.4, -0.2) is 18.0 Å². The second-order valence-corrected chi connectivity index (χ2v) is 6.57. The summed E-state index contributed by atoms with van der Waals surface area (Å²) < 4.78 is 0. The highest BCUT2D eigenvalue weighted by molar-refractivity contribution is 6.35. The normalized spacial score (nSPS) is 23.0. The molecule has 1 amide bonds. The summed E-state index contributed by atoms with van der Waals surface area (Å²) in [7, 11) is 0. The highest BCUT2D eigenvalue weighted by Gasteiger charge is 2.40. The van der Waals surface area contributed by atoms with Crippen LogP contribution < -0.4 is 10.6 Å². The molecular formula is C16H22Cl2N2O. The van der Waals surface area contributed by atoms with Gasteiger partial charge < -0.3 is 10.6 Å². The molecule has 2 atom stereocenters. The summed E-state index contributed by atoms with van der Waals surface area (Å²) in [6.07, 6.45) is 3.79. The molecule has 0 radical (unpaired) electrons. The summed E-state index contributed by atoms with van der Waals surface area (Å²) >= 11 is 12.1. The van der Waals surface area contributed by atoms with E-state index in [4.69, 9.17) is 23.2 Å². The average molecular weight is 329 g/mol. The van der Waals surface area contributed by atoms with Crippen LogP contribution in [0, 0.1) is 0 Å². The van der Waals surface area contributed by atoms with Gasteiger partial charge in [0.25, 0.3) is 0 Å². The van der Waals surface area contributed by atoms with Crippen LogP contribution in [0.3, 0.4) is 0 Å². The molecule has 1 aliphatic rings. The molecule has 116 valence electrons. The van der Waals surface area contributed by atoms with E-state index in [2.05, 4.69) is 17.6 Å². The van der Waals surface area contributed by atoms with Crippen LogP contribution in [0.4, 0.5) is 0 Å². The Balaban J connectivity index is 2.10. The van der Waals surface area contributed by atoms with Crippen molar-refractivity contribution < 1.29 is 4.79 Å². The third-order valence-corrected chi connectivity index (χ3v) is 4.69. The van der Waals surface area contributed by atoms with Crippen molar-refractivity contribution in [2.75, 3.05) is 6.54 Å². The van der Waals surface area contributed by atoms with Crippen LogP contribution >= 0.6 is 23.2 Å². The molecule has 0 bridgehead atoms. The molecule has 2 N–H and O–H groups in total. The van der Waals surface area contributed by atoms with Crippen LogP contribution in [0.15, 0.2) is 18.2 Å². The van der Waals surface area contributed by atoms with Crippen molar-refractivity contribution in [2.45, 2.75) is 51.1 Å². The van der Waals surface area contributed by atoms with Gasteiger partial charge in [-0.1, -0.05) is 42.6 Å². The predicted molar refractivity (Wildman–Crippen MR) is 87.9 cm³/mol. The van der Waals surface area contributed by atoms with Crippen LogP contribution in [0.25, 0.3) is 0 Å². The molecule has 0 aliphatic carbocycles. The number of hydrogen-bond donors (Lipinski definition) is 2. The lowest BCUT2D eigenvalue weighted by Crippen LogP contribution is -2.53. The van der Waals surface area contributed by atoms with Crippen molar-refractivity contribution in [1.29, 1.82) is 0 Å². The van der Waals surface area contributed by atoms with E-state index in [-0.39, 0.29) is 11.9 Å². The molecule has 5 heteroatoms. The molecule has 1 aromatic carbocycles. The highest BCUT2D eigenvalue weighted by Crippen LogP contribution is 2.29. The zero-order chi connectivity index (χ0) is 15.5. The minimum atomic E-state index is -0.415. The van der Waals surface area contributed by atoms with E-state index in [1.807, 2.05) is 13.0 Å². The first-order valence-electron chi connectivity index (χ1n) is 7.49. The smallest absolute Gasteiger partial charge is 0.240 e. The van der Waals surface area contributed by atoms with E-state index in [9.17, 15) is 4.79 Å². The van der Waals surface area contributed by atoms with Crippen molar-refractivity contribution >= 4 is 29.1 Å². The fraction of sp³-hybridized carbons (Fsp3) is 0.562. The van der Waals surface area contributed by atoms with Crippen molar-refractivity contribution in [3.05, 3.63) is 33.8 Å². The Kier molecular flexibility index (Phi) is 5.53. The fourth-order valence-electron chi connectivity index (χ4n) is 3.02. The third-order valence-electron chi connectivity index (χ3n) is 4.13. The lowest BCUT2D eigenvalue weighted by atomic mass is 9.90. The maximum absolute atomic E-state index is 12.7. The molecule has 0 spiro atoms. The quantitative estimate of drug-likeness (QED) is 0.854. The summed E-state index contributed by atoms with van der Waals surface area (Å²) in [4.78, 5) is 12.7. The Morgan fingerprint density at radius 3 is 2.81 bits per heavy atom. The first-order chi connectivity index (χ1) is 9.98. The Bertz CT molecular complexity index is 513. The molecular weight excluding hydrogens is 307 g/mol. The molecule has 2 unspecified atom stereocenters. The minimum absolute atomic E-state index is 0.0698. The number of nitrogens with one attached hydrogen (secondary N) is 2. The summed E-state index contributed by atoms with van der Waals surface area (Å²) in [5.74, 6) is 0.0698. The monoisotopic (exact) mass is 328 g/mol. The second-order valence-electron chi connectivity index (χ2n) is 5.72. The number of hydrogen-bond acceptors (Lipinski definition) is 2. The Morgan fingerprint density at radius 1 is 1.48 bits per heavy atom. The Labute approximate surface area is 136 Å². The largest absolute Gasteiger partial charge is 0.348 e. The van der Waals surface area contributed by atoms with Gasteiger partial charge in [-0.15, -0.1) is 0 Å². The van der Waals surface area contributed by atoms with Gasteiger partial charge in [0.2, 0.25) is 5.91 Å². The minimum Gasteiger partial charge on any atom is -0.348 e. The maximum Gasteiger partial charge on any atom is 0.240 e. The standard InChI is InChI=1S/C16H22Cl2N2O/c1-3-7-16(8-4-9-19-16)15(21)20-11(2)13-6-5-12(17)10-14(13)18/h5-6,10-11,19H,3-4,7-9H2,1-2H3,(H,20,21). The van der Waals surface area contributed by atoms with E-state index in [1.54, 1.807) is 12.1 Å². The van der Waals surface area contributed by atoms with Gasteiger partial charge >= 0.3 is 0 Å². The van der Waals surface area contributed by atoms with Crippen molar-refractivity contribution in [2.24, 2.45) is 0 Å². The summed E-state index contributed by atoms with van der Waals surface area (Å²) in [6.45, 7) is 4.96. The maximum atomic E-state index is 12.7. The summed E-state index contributed by atoms with van der Waals surface area (Å²) in [6, 6.07) is 5.22. The SMILES string of the molecule is CCCC1(C(=O)NC(C)c2ccc(Cl)cc2Cl)CCCN1. The van der Waals surface area contributed by atoms with Crippen molar-refractivity contribution in [1.82, 2.24) is 10.6 Å². The summed E-state index contributed by atoms with van der Waals surface area (Å²) in [5, 5.41) is 7.66. The van der Waals surface area contributed by atoms with Gasteiger partial charge in [0, 0.05) is 10.0 Å². The number of carbonyl (C=O) groups excluding carboxylic acids is 1. The van der Waals surface area contributed by atoms with Gasteiger partial charge in [-0.05, 0) is 50.4 Å². The molecule has 1 aliphatic heterocycles. The summed E-state index contributed by atoms with van der Waals surface area (Å²) in [5.41, 5.74) is 0.473. The predicted octanol–water partition coefficient (Wildman–Crippen LogP) is 4.09. The average Bonchev–Trinajstić information content (AvgIpc) is 2.88. The molecule has 1 heterocycles. The van der Waals surface area contributed by atoms with E-state index in [0.29, 0.717) is 10.0 Å². The fourth-order valence-corrected chi connectivity index (χ4v) is 3.59. The molecule has 1 aromatic rings. The van der Waals surface area contributed by atoms with E-state index < -0.39 is 5.54 Å². The number of rotatable bonds is 5. The molecule has 0 aromatic heterocycles. The zero-order valence-corrected chi connectivity index (χ0v) is 14.0. The van der Waals surface area contributed by atoms with Gasteiger partial charge in [0.05, 0.1) is 11.6 Å². The molecule has 2 rings (SSSR count). The first kappa shape index (κ1) is 16.6. The van der Waals surface area contributed by atoms with Gasteiger partial charge in [-0.2, -0.15) is 0 Å². The van der Waals surface area contributed by atoms with Crippen LogP contribution in [-0.2, 0) is 4.79 Å². The van der Waals surface area contributed by atoms with E-state index >= 15 is 0 Å². The molecule has 21 heavy (non-hydrogen) atoms. The van der Waals surface area contributed by atoms with Gasteiger partial charge in [-0.25, -0.2) is 0 Å². The van der Waals surface area contributed by atoms with Crippen molar-refractivity contribution in [3.63, 3.8) is 0 Å². The molecule has 1 saturated heterocycles. The third kappa shape index (κ3) is 3.71. The second kappa shape index (κ2) is 6.99. The molecule has 1 fully saturated rings. The van der Waals surface area contributed by atoms with E-state index in [1.165, 1.54) is 0 Å². The number of amides is 1. The van der Waals surface area contributed by atoms with Gasteiger partial charge in [0.1, 0.15) is 0 Å². The number of halogens is 2. The number of benzene rings is 1.